The van der Waals surface area contributed by atoms with Gasteiger partial charge in [0.1, 0.15) is 6.04 Å². The Morgan fingerprint density at radius 2 is 2.17 bits per heavy atom. The summed E-state index contributed by atoms with van der Waals surface area (Å²) in [6, 6.07) is 5.50. The first-order valence-electron chi connectivity index (χ1n) is 8.19. The number of amides is 1. The largest absolute Gasteiger partial charge is 0.454 e. The molecule has 0 N–H and O–H groups in total. The maximum absolute atomic E-state index is 12.8. The smallest absolute Gasteiger partial charge is 0.249 e. The molecule has 2 aromatic rings. The van der Waals surface area contributed by atoms with Gasteiger partial charge in [0, 0.05) is 6.54 Å². The lowest BCUT2D eigenvalue weighted by atomic mass is 10.0. The Morgan fingerprint density at radius 1 is 1.29 bits per heavy atom. The number of hydrogen-bond acceptors (Lipinski definition) is 6. The van der Waals surface area contributed by atoms with Crippen LogP contribution in [-0.4, -0.2) is 34.3 Å². The minimum Gasteiger partial charge on any atom is -0.454 e. The molecule has 0 bridgehead atoms. The van der Waals surface area contributed by atoms with E-state index in [2.05, 4.69) is 10.1 Å². The van der Waals surface area contributed by atoms with Crippen LogP contribution in [0.4, 0.5) is 0 Å². The van der Waals surface area contributed by atoms with E-state index in [-0.39, 0.29) is 18.7 Å². The standard InChI is InChI=1S/C17H19N3O4/c1-11-18-17(24-19-11)13-4-2-3-7-20(13)16(21)9-12-5-6-14-15(8-12)23-10-22-14/h5-6,8,13H,2-4,7,9-10H2,1H3. The summed E-state index contributed by atoms with van der Waals surface area (Å²) in [7, 11) is 0. The second-order valence-electron chi connectivity index (χ2n) is 6.14. The molecule has 1 aromatic carbocycles. The Kier molecular flexibility index (Phi) is 3.84. The van der Waals surface area contributed by atoms with Crippen molar-refractivity contribution in [1.82, 2.24) is 15.0 Å². The predicted molar refractivity (Wildman–Crippen MR) is 83.6 cm³/mol. The zero-order valence-corrected chi connectivity index (χ0v) is 13.5. The molecule has 0 saturated carbocycles. The number of benzene rings is 1. The SMILES string of the molecule is Cc1noc(C2CCCCN2C(=O)Cc2ccc3c(c2)OCO3)n1. The normalized spacial score (nSPS) is 19.5. The van der Waals surface area contributed by atoms with Gasteiger partial charge < -0.3 is 18.9 Å². The summed E-state index contributed by atoms with van der Waals surface area (Å²) in [5.41, 5.74) is 0.912. The highest BCUT2D eigenvalue weighted by molar-refractivity contribution is 5.79. The number of fused-ring (bicyclic) bond motifs is 1. The Morgan fingerprint density at radius 3 is 3.00 bits per heavy atom. The number of carbonyl (C=O) groups is 1. The zero-order chi connectivity index (χ0) is 16.5. The van der Waals surface area contributed by atoms with Gasteiger partial charge >= 0.3 is 0 Å². The Balaban J connectivity index is 1.51. The van der Waals surface area contributed by atoms with Crippen LogP contribution < -0.4 is 9.47 Å². The molecule has 126 valence electrons. The summed E-state index contributed by atoms with van der Waals surface area (Å²) < 4.78 is 16.0. The average molecular weight is 329 g/mol. The third-order valence-corrected chi connectivity index (χ3v) is 4.44. The minimum absolute atomic E-state index is 0.0643. The van der Waals surface area contributed by atoms with E-state index < -0.39 is 0 Å². The summed E-state index contributed by atoms with van der Waals surface area (Å²) >= 11 is 0. The quantitative estimate of drug-likeness (QED) is 0.860. The fourth-order valence-electron chi connectivity index (χ4n) is 3.26. The third-order valence-electron chi connectivity index (χ3n) is 4.44. The van der Waals surface area contributed by atoms with Crippen LogP contribution in [-0.2, 0) is 11.2 Å². The fraction of sp³-hybridized carbons (Fsp3) is 0.471. The van der Waals surface area contributed by atoms with Gasteiger partial charge in [-0.25, -0.2) is 0 Å². The van der Waals surface area contributed by atoms with Crippen LogP contribution in [0.3, 0.4) is 0 Å². The number of piperidine rings is 1. The predicted octanol–water partition coefficient (Wildman–Crippen LogP) is 2.40. The van der Waals surface area contributed by atoms with Crippen LogP contribution in [0, 0.1) is 6.92 Å². The van der Waals surface area contributed by atoms with Crippen LogP contribution in [0.2, 0.25) is 0 Å². The van der Waals surface area contributed by atoms with E-state index in [1.807, 2.05) is 23.1 Å². The van der Waals surface area contributed by atoms with Crippen molar-refractivity contribution < 1.29 is 18.8 Å². The molecule has 24 heavy (non-hydrogen) atoms. The number of aryl methyl sites for hydroxylation is 1. The summed E-state index contributed by atoms with van der Waals surface area (Å²) in [5, 5.41) is 3.85. The van der Waals surface area contributed by atoms with E-state index >= 15 is 0 Å². The van der Waals surface area contributed by atoms with Crippen molar-refractivity contribution in [3.63, 3.8) is 0 Å². The molecule has 2 aliphatic heterocycles. The molecule has 0 spiro atoms. The molecular formula is C17H19N3O4. The number of carbonyl (C=O) groups excluding carboxylic acids is 1. The van der Waals surface area contributed by atoms with Gasteiger partial charge in [0.05, 0.1) is 6.42 Å². The molecule has 1 aromatic heterocycles. The van der Waals surface area contributed by atoms with Crippen molar-refractivity contribution in [3.8, 4) is 11.5 Å². The Labute approximate surface area is 139 Å². The molecular weight excluding hydrogens is 310 g/mol. The van der Waals surface area contributed by atoms with Gasteiger partial charge in [0.2, 0.25) is 18.6 Å². The van der Waals surface area contributed by atoms with Crippen LogP contribution in [0.5, 0.6) is 11.5 Å². The monoisotopic (exact) mass is 329 g/mol. The van der Waals surface area contributed by atoms with Crippen molar-refractivity contribution in [2.75, 3.05) is 13.3 Å². The van der Waals surface area contributed by atoms with Crippen molar-refractivity contribution >= 4 is 5.91 Å². The highest BCUT2D eigenvalue weighted by Gasteiger charge is 2.32. The topological polar surface area (TPSA) is 77.7 Å². The molecule has 7 nitrogen and oxygen atoms in total. The number of hydrogen-bond donors (Lipinski definition) is 0. The number of likely N-dealkylation sites (tertiary alicyclic amines) is 1. The molecule has 1 amide bonds. The molecule has 0 radical (unpaired) electrons. The van der Waals surface area contributed by atoms with Crippen LogP contribution in [0.25, 0.3) is 0 Å². The number of rotatable bonds is 3. The van der Waals surface area contributed by atoms with Gasteiger partial charge in [0.25, 0.3) is 0 Å². The molecule has 3 heterocycles. The van der Waals surface area contributed by atoms with Crippen molar-refractivity contribution in [2.24, 2.45) is 0 Å². The van der Waals surface area contributed by atoms with Crippen molar-refractivity contribution in [2.45, 2.75) is 38.6 Å². The van der Waals surface area contributed by atoms with E-state index in [1.165, 1.54) is 0 Å². The second kappa shape index (κ2) is 6.14. The lowest BCUT2D eigenvalue weighted by molar-refractivity contribution is -0.135. The molecule has 2 aliphatic rings. The van der Waals surface area contributed by atoms with Gasteiger partial charge in [-0.2, -0.15) is 4.98 Å². The van der Waals surface area contributed by atoms with Crippen molar-refractivity contribution in [3.05, 3.63) is 35.5 Å². The van der Waals surface area contributed by atoms with E-state index in [4.69, 9.17) is 14.0 Å². The lowest BCUT2D eigenvalue weighted by Gasteiger charge is -2.33. The van der Waals surface area contributed by atoms with Gasteiger partial charge in [0.15, 0.2) is 17.3 Å². The van der Waals surface area contributed by atoms with Crippen molar-refractivity contribution in [1.29, 1.82) is 0 Å². The minimum atomic E-state index is -0.124. The summed E-state index contributed by atoms with van der Waals surface area (Å²) in [5.74, 6) is 2.62. The summed E-state index contributed by atoms with van der Waals surface area (Å²) in [6.07, 6.45) is 3.23. The zero-order valence-electron chi connectivity index (χ0n) is 13.5. The highest BCUT2D eigenvalue weighted by atomic mass is 16.7. The maximum atomic E-state index is 12.8. The van der Waals surface area contributed by atoms with Crippen LogP contribution in [0.15, 0.2) is 22.7 Å². The maximum Gasteiger partial charge on any atom is 0.249 e. The van der Waals surface area contributed by atoms with Gasteiger partial charge in [-0.05, 0) is 43.9 Å². The summed E-state index contributed by atoms with van der Waals surface area (Å²) in [4.78, 5) is 19.0. The van der Waals surface area contributed by atoms with Crippen LogP contribution in [0.1, 0.15) is 42.6 Å². The molecule has 1 fully saturated rings. The molecule has 1 unspecified atom stereocenters. The molecule has 0 aliphatic carbocycles. The summed E-state index contributed by atoms with van der Waals surface area (Å²) in [6.45, 7) is 2.74. The fourth-order valence-corrected chi connectivity index (χ4v) is 3.26. The average Bonchev–Trinajstić information content (AvgIpc) is 3.23. The van der Waals surface area contributed by atoms with Crippen LogP contribution >= 0.6 is 0 Å². The first-order valence-corrected chi connectivity index (χ1v) is 8.19. The number of aromatic nitrogens is 2. The van der Waals surface area contributed by atoms with Gasteiger partial charge in [-0.3, -0.25) is 4.79 Å². The van der Waals surface area contributed by atoms with E-state index in [0.29, 0.717) is 23.9 Å². The first kappa shape index (κ1) is 15.0. The third kappa shape index (κ3) is 2.81. The highest BCUT2D eigenvalue weighted by Crippen LogP contribution is 2.34. The lowest BCUT2D eigenvalue weighted by Crippen LogP contribution is -2.39. The van der Waals surface area contributed by atoms with Gasteiger partial charge in [-0.15, -0.1) is 0 Å². The number of nitrogens with zero attached hydrogens (tertiary/aromatic N) is 3. The van der Waals surface area contributed by atoms with Gasteiger partial charge in [-0.1, -0.05) is 11.2 Å². The van der Waals surface area contributed by atoms with E-state index in [0.717, 1.165) is 37.1 Å². The second-order valence-corrected chi connectivity index (χ2v) is 6.14. The molecule has 4 rings (SSSR count). The molecule has 1 saturated heterocycles. The van der Waals surface area contributed by atoms with E-state index in [9.17, 15) is 4.79 Å². The number of ether oxygens (including phenoxy) is 2. The molecule has 7 heteroatoms. The Bertz CT molecular complexity index is 758. The van der Waals surface area contributed by atoms with E-state index in [1.54, 1.807) is 6.92 Å². The first-order chi connectivity index (χ1) is 11.7. The Hall–Kier alpha value is -2.57. The molecule has 1 atom stereocenters.